The molecule has 0 radical (unpaired) electrons. The number of tetrazole rings is 1. The quantitative estimate of drug-likeness (QED) is 0.709. The second kappa shape index (κ2) is 9.07. The second-order valence-electron chi connectivity index (χ2n) is 6.01. The van der Waals surface area contributed by atoms with Crippen molar-refractivity contribution in [2.75, 3.05) is 26.7 Å². The SMILES string of the molecule is CCc1ccc(-c2nnn(CC(=O)N(C)CC(=O)N(CC)CC)n2)cc1. The zero-order valence-electron chi connectivity index (χ0n) is 15.8. The van der Waals surface area contributed by atoms with Crippen LogP contribution in [0.3, 0.4) is 0 Å². The Hall–Kier alpha value is -2.77. The van der Waals surface area contributed by atoms with Crippen LogP contribution in [0.5, 0.6) is 0 Å². The van der Waals surface area contributed by atoms with Crippen molar-refractivity contribution in [2.45, 2.75) is 33.7 Å². The first-order valence-corrected chi connectivity index (χ1v) is 8.87. The summed E-state index contributed by atoms with van der Waals surface area (Å²) in [5, 5.41) is 12.2. The van der Waals surface area contributed by atoms with E-state index in [9.17, 15) is 9.59 Å². The maximum atomic E-state index is 12.3. The molecule has 1 aromatic heterocycles. The van der Waals surface area contributed by atoms with Gasteiger partial charge in [-0.15, -0.1) is 10.2 Å². The van der Waals surface area contributed by atoms with Gasteiger partial charge in [0.15, 0.2) is 0 Å². The van der Waals surface area contributed by atoms with Gasteiger partial charge in [0.2, 0.25) is 17.6 Å². The number of hydrogen-bond donors (Lipinski definition) is 0. The Kier molecular flexibility index (Phi) is 6.82. The first-order chi connectivity index (χ1) is 12.5. The van der Waals surface area contributed by atoms with E-state index in [1.165, 1.54) is 15.3 Å². The third-order valence-electron chi connectivity index (χ3n) is 4.26. The molecule has 0 saturated heterocycles. The number of amides is 2. The molecule has 8 heteroatoms. The molecule has 0 saturated carbocycles. The Bertz CT molecular complexity index is 736. The summed E-state index contributed by atoms with van der Waals surface area (Å²) in [5.41, 5.74) is 2.08. The molecule has 140 valence electrons. The zero-order valence-corrected chi connectivity index (χ0v) is 15.8. The van der Waals surface area contributed by atoms with Crippen molar-refractivity contribution in [1.82, 2.24) is 30.0 Å². The Balaban J connectivity index is 1.96. The van der Waals surface area contributed by atoms with Crippen molar-refractivity contribution < 1.29 is 9.59 Å². The molecule has 0 aliphatic heterocycles. The monoisotopic (exact) mass is 358 g/mol. The lowest BCUT2D eigenvalue weighted by molar-refractivity contribution is -0.139. The number of nitrogens with zero attached hydrogens (tertiary/aromatic N) is 6. The predicted molar refractivity (Wildman–Crippen MR) is 98.2 cm³/mol. The number of aromatic nitrogens is 4. The number of aryl methyl sites for hydroxylation is 1. The van der Waals surface area contributed by atoms with Crippen LogP contribution in [0.4, 0.5) is 0 Å². The molecule has 0 aliphatic carbocycles. The van der Waals surface area contributed by atoms with E-state index >= 15 is 0 Å². The van der Waals surface area contributed by atoms with E-state index in [4.69, 9.17) is 0 Å². The highest BCUT2D eigenvalue weighted by atomic mass is 16.2. The van der Waals surface area contributed by atoms with E-state index in [1.807, 2.05) is 38.1 Å². The molecule has 0 N–H and O–H groups in total. The highest BCUT2D eigenvalue weighted by molar-refractivity contribution is 5.84. The number of benzene rings is 1. The average Bonchev–Trinajstić information content (AvgIpc) is 3.11. The standard InChI is InChI=1S/C18H26N6O2/c1-5-14-8-10-15(11-9-14)18-19-21-24(20-18)13-16(25)22(4)12-17(26)23(6-2)7-3/h8-11H,5-7,12-13H2,1-4H3. The van der Waals surface area contributed by atoms with Gasteiger partial charge in [-0.1, -0.05) is 31.2 Å². The lowest BCUT2D eigenvalue weighted by atomic mass is 10.1. The molecule has 2 amide bonds. The van der Waals surface area contributed by atoms with Gasteiger partial charge in [0.1, 0.15) is 6.54 Å². The van der Waals surface area contributed by atoms with Crippen LogP contribution in [0.15, 0.2) is 24.3 Å². The molecule has 2 aromatic rings. The fraction of sp³-hybridized carbons (Fsp3) is 0.500. The Labute approximate surface area is 153 Å². The molecule has 0 fully saturated rings. The molecule has 2 rings (SSSR count). The third kappa shape index (κ3) is 4.87. The normalized spacial score (nSPS) is 10.6. The summed E-state index contributed by atoms with van der Waals surface area (Å²) in [4.78, 5) is 28.7. The minimum atomic E-state index is -0.240. The van der Waals surface area contributed by atoms with Crippen LogP contribution in [0.25, 0.3) is 11.4 Å². The molecule has 0 bridgehead atoms. The fourth-order valence-electron chi connectivity index (χ4n) is 2.52. The van der Waals surface area contributed by atoms with E-state index in [0.717, 1.165) is 12.0 Å². The summed E-state index contributed by atoms with van der Waals surface area (Å²) in [6.07, 6.45) is 0.966. The van der Waals surface area contributed by atoms with E-state index < -0.39 is 0 Å². The van der Waals surface area contributed by atoms with Crippen LogP contribution in [-0.2, 0) is 22.6 Å². The number of carbonyl (C=O) groups is 2. The van der Waals surface area contributed by atoms with E-state index in [-0.39, 0.29) is 24.9 Å². The zero-order chi connectivity index (χ0) is 19.1. The van der Waals surface area contributed by atoms with Gasteiger partial charge in [0.25, 0.3) is 0 Å². The molecule has 0 atom stereocenters. The Morgan fingerprint density at radius 1 is 1.04 bits per heavy atom. The van der Waals surface area contributed by atoms with Crippen LogP contribution in [0.2, 0.25) is 0 Å². The van der Waals surface area contributed by atoms with Gasteiger partial charge >= 0.3 is 0 Å². The first kappa shape index (κ1) is 19.6. The third-order valence-corrected chi connectivity index (χ3v) is 4.26. The van der Waals surface area contributed by atoms with Crippen LogP contribution in [-0.4, -0.2) is 68.5 Å². The van der Waals surface area contributed by atoms with Crippen molar-refractivity contribution in [3.8, 4) is 11.4 Å². The van der Waals surface area contributed by atoms with Gasteiger partial charge in [0, 0.05) is 25.7 Å². The molecule has 26 heavy (non-hydrogen) atoms. The van der Waals surface area contributed by atoms with Crippen LogP contribution < -0.4 is 0 Å². The van der Waals surface area contributed by atoms with Crippen LogP contribution in [0.1, 0.15) is 26.3 Å². The molecule has 0 spiro atoms. The maximum absolute atomic E-state index is 12.3. The second-order valence-corrected chi connectivity index (χ2v) is 6.01. The maximum Gasteiger partial charge on any atom is 0.246 e. The van der Waals surface area contributed by atoms with Gasteiger partial charge in [-0.05, 0) is 31.0 Å². The van der Waals surface area contributed by atoms with Crippen molar-refractivity contribution >= 4 is 11.8 Å². The summed E-state index contributed by atoms with van der Waals surface area (Å²) in [7, 11) is 1.60. The molecule has 0 unspecified atom stereocenters. The first-order valence-electron chi connectivity index (χ1n) is 8.87. The largest absolute Gasteiger partial charge is 0.342 e. The summed E-state index contributed by atoms with van der Waals surface area (Å²) in [6.45, 7) is 7.16. The van der Waals surface area contributed by atoms with Gasteiger partial charge in [-0.3, -0.25) is 9.59 Å². The Morgan fingerprint density at radius 3 is 2.27 bits per heavy atom. The minimum absolute atomic E-state index is 0.0422. The lowest BCUT2D eigenvalue weighted by Crippen LogP contribution is -2.42. The van der Waals surface area contributed by atoms with Crippen LogP contribution >= 0.6 is 0 Å². The highest BCUT2D eigenvalue weighted by Gasteiger charge is 2.18. The topological polar surface area (TPSA) is 84.2 Å². The summed E-state index contributed by atoms with van der Waals surface area (Å²) < 4.78 is 0. The average molecular weight is 358 g/mol. The number of rotatable bonds is 8. The molecular weight excluding hydrogens is 332 g/mol. The molecule has 0 aliphatic rings. The van der Waals surface area contributed by atoms with Gasteiger partial charge in [0.05, 0.1) is 6.54 Å². The fourth-order valence-corrected chi connectivity index (χ4v) is 2.52. The summed E-state index contributed by atoms with van der Waals surface area (Å²) in [6, 6.07) is 7.93. The molecule has 1 heterocycles. The highest BCUT2D eigenvalue weighted by Crippen LogP contribution is 2.14. The van der Waals surface area contributed by atoms with E-state index in [0.29, 0.717) is 18.9 Å². The Morgan fingerprint density at radius 2 is 1.69 bits per heavy atom. The van der Waals surface area contributed by atoms with Gasteiger partial charge in [-0.25, -0.2) is 0 Å². The van der Waals surface area contributed by atoms with Gasteiger partial charge < -0.3 is 9.80 Å². The smallest absolute Gasteiger partial charge is 0.246 e. The van der Waals surface area contributed by atoms with Crippen molar-refractivity contribution in [1.29, 1.82) is 0 Å². The van der Waals surface area contributed by atoms with Gasteiger partial charge in [-0.2, -0.15) is 4.80 Å². The molecule has 8 nitrogen and oxygen atoms in total. The number of carbonyl (C=O) groups excluding carboxylic acids is 2. The van der Waals surface area contributed by atoms with E-state index in [2.05, 4.69) is 22.3 Å². The number of likely N-dealkylation sites (N-methyl/N-ethyl adjacent to an activating group) is 2. The number of hydrogen-bond acceptors (Lipinski definition) is 5. The minimum Gasteiger partial charge on any atom is -0.342 e. The van der Waals surface area contributed by atoms with Crippen molar-refractivity contribution in [2.24, 2.45) is 0 Å². The van der Waals surface area contributed by atoms with Crippen molar-refractivity contribution in [3.63, 3.8) is 0 Å². The van der Waals surface area contributed by atoms with Crippen molar-refractivity contribution in [3.05, 3.63) is 29.8 Å². The predicted octanol–water partition coefficient (Wildman–Crippen LogP) is 1.23. The summed E-state index contributed by atoms with van der Waals surface area (Å²) >= 11 is 0. The lowest BCUT2D eigenvalue weighted by Gasteiger charge is -2.22. The molecule has 1 aromatic carbocycles. The molecular formula is C18H26N6O2. The summed E-state index contributed by atoms with van der Waals surface area (Å²) in [5.74, 6) is 0.159. The van der Waals surface area contributed by atoms with Crippen LogP contribution in [0, 0.1) is 0 Å². The van der Waals surface area contributed by atoms with E-state index in [1.54, 1.807) is 11.9 Å².